The van der Waals surface area contributed by atoms with Gasteiger partial charge in [0.1, 0.15) is 13.2 Å². The molecule has 0 aliphatic carbocycles. The molecule has 6 nitrogen and oxygen atoms in total. The van der Waals surface area contributed by atoms with Gasteiger partial charge in [0, 0.05) is 19.3 Å². The molecule has 0 rings (SSSR count). The van der Waals surface area contributed by atoms with Crippen LogP contribution in [0.2, 0.25) is 0 Å². The molecule has 0 fully saturated rings. The van der Waals surface area contributed by atoms with Crippen molar-refractivity contribution in [1.29, 1.82) is 0 Å². The fourth-order valence-electron chi connectivity index (χ4n) is 8.72. The van der Waals surface area contributed by atoms with Gasteiger partial charge in [0.15, 0.2) is 6.10 Å². The highest BCUT2D eigenvalue weighted by Crippen LogP contribution is 2.17. The number of rotatable bonds is 55. The number of hydrogen-bond acceptors (Lipinski definition) is 6. The summed E-state index contributed by atoms with van der Waals surface area (Å²) < 4.78 is 16.9. The number of carbonyl (C=O) groups excluding carboxylic acids is 3. The van der Waals surface area contributed by atoms with Gasteiger partial charge in [-0.2, -0.15) is 0 Å². The molecule has 0 saturated carbocycles. The molecule has 0 amide bonds. The molecule has 0 bridgehead atoms. The first-order valence-corrected chi connectivity index (χ1v) is 30.3. The highest BCUT2D eigenvalue weighted by Gasteiger charge is 2.19. The summed E-state index contributed by atoms with van der Waals surface area (Å²) in [5.41, 5.74) is 0. The van der Waals surface area contributed by atoms with Crippen molar-refractivity contribution in [2.75, 3.05) is 13.2 Å². The van der Waals surface area contributed by atoms with Crippen LogP contribution in [0.25, 0.3) is 0 Å². The zero-order valence-electron chi connectivity index (χ0n) is 46.5. The van der Waals surface area contributed by atoms with Crippen molar-refractivity contribution in [2.24, 2.45) is 0 Å². The predicted molar refractivity (Wildman–Crippen MR) is 302 cm³/mol. The fourth-order valence-corrected chi connectivity index (χ4v) is 8.72. The van der Waals surface area contributed by atoms with E-state index in [2.05, 4.69) is 81.5 Å². The molecule has 6 heteroatoms. The van der Waals surface area contributed by atoms with Gasteiger partial charge in [0.25, 0.3) is 0 Å². The Morgan fingerprint density at radius 3 is 0.900 bits per heavy atom. The summed E-state index contributed by atoms with van der Waals surface area (Å²) in [5.74, 6) is -0.918. The first-order valence-electron chi connectivity index (χ1n) is 30.3. The number of hydrogen-bond donors (Lipinski definition) is 0. The largest absolute Gasteiger partial charge is 0.462 e. The van der Waals surface area contributed by atoms with Gasteiger partial charge in [-0.15, -0.1) is 0 Å². The van der Waals surface area contributed by atoms with E-state index in [1.54, 1.807) is 0 Å². The average Bonchev–Trinajstić information content (AvgIpc) is 3.36. The molecule has 0 radical (unpaired) electrons. The maximum absolute atomic E-state index is 12.9. The van der Waals surface area contributed by atoms with Crippen LogP contribution in [0.3, 0.4) is 0 Å². The zero-order chi connectivity index (χ0) is 50.7. The van der Waals surface area contributed by atoms with Gasteiger partial charge in [-0.05, 0) is 83.5 Å². The molecule has 0 heterocycles. The summed E-state index contributed by atoms with van der Waals surface area (Å²) in [6.07, 6.45) is 73.7. The van der Waals surface area contributed by atoms with E-state index >= 15 is 0 Å². The first kappa shape index (κ1) is 67.1. The molecular formula is C64H114O6. The molecule has 0 aliphatic heterocycles. The van der Waals surface area contributed by atoms with Gasteiger partial charge in [-0.25, -0.2) is 0 Å². The van der Waals surface area contributed by atoms with Crippen molar-refractivity contribution in [3.05, 3.63) is 60.8 Å². The third kappa shape index (κ3) is 56.0. The van der Waals surface area contributed by atoms with E-state index in [0.717, 1.165) is 109 Å². The van der Waals surface area contributed by atoms with E-state index in [-0.39, 0.29) is 31.1 Å². The van der Waals surface area contributed by atoms with Crippen molar-refractivity contribution in [2.45, 2.75) is 316 Å². The Labute approximate surface area is 434 Å². The molecule has 406 valence electrons. The molecule has 0 N–H and O–H groups in total. The van der Waals surface area contributed by atoms with Gasteiger partial charge in [-0.3, -0.25) is 14.4 Å². The summed E-state index contributed by atoms with van der Waals surface area (Å²) in [6.45, 7) is 6.51. The van der Waals surface area contributed by atoms with Crippen LogP contribution in [-0.4, -0.2) is 37.2 Å². The third-order valence-corrected chi connectivity index (χ3v) is 13.3. The topological polar surface area (TPSA) is 78.9 Å². The minimum atomic E-state index is -0.792. The van der Waals surface area contributed by atoms with Gasteiger partial charge < -0.3 is 14.2 Å². The number of unbranched alkanes of at least 4 members (excludes halogenated alkanes) is 34. The van der Waals surface area contributed by atoms with Crippen LogP contribution in [0, 0.1) is 0 Å². The smallest absolute Gasteiger partial charge is 0.306 e. The second kappa shape index (κ2) is 58.7. The molecule has 0 aliphatic rings. The third-order valence-electron chi connectivity index (χ3n) is 13.3. The molecule has 1 unspecified atom stereocenters. The van der Waals surface area contributed by atoms with E-state index < -0.39 is 6.10 Å². The highest BCUT2D eigenvalue weighted by molar-refractivity contribution is 5.71. The average molecular weight is 980 g/mol. The minimum absolute atomic E-state index is 0.0869. The van der Waals surface area contributed by atoms with E-state index in [4.69, 9.17) is 14.2 Å². The van der Waals surface area contributed by atoms with Gasteiger partial charge in [0.2, 0.25) is 0 Å². The van der Waals surface area contributed by atoms with E-state index in [9.17, 15) is 14.4 Å². The summed E-state index contributed by atoms with van der Waals surface area (Å²) in [5, 5.41) is 0. The summed E-state index contributed by atoms with van der Waals surface area (Å²) >= 11 is 0. The van der Waals surface area contributed by atoms with Gasteiger partial charge >= 0.3 is 17.9 Å². The monoisotopic (exact) mass is 979 g/mol. The maximum atomic E-state index is 12.9. The Balaban J connectivity index is 4.31. The fraction of sp³-hybridized carbons (Fsp3) is 0.797. The van der Waals surface area contributed by atoms with Crippen molar-refractivity contribution in [1.82, 2.24) is 0 Å². The molecule has 0 spiro atoms. The molecule has 0 aromatic heterocycles. The van der Waals surface area contributed by atoms with Gasteiger partial charge in [0.05, 0.1) is 0 Å². The molecule has 0 aromatic rings. The molecular weight excluding hydrogens is 865 g/mol. The lowest BCUT2D eigenvalue weighted by Gasteiger charge is -2.18. The number of esters is 3. The Bertz CT molecular complexity index is 1260. The van der Waals surface area contributed by atoms with Crippen LogP contribution < -0.4 is 0 Å². The molecule has 0 aromatic carbocycles. The SMILES string of the molecule is CC/C=C\C/C=C\C/C=C\CCCCCC(=O)OCC(COC(=O)CCCCCCCCCCCCCCCCCCCCCCCCC)OC(=O)CCCCCCC/C=C\C/C=C\CCCCCC. The minimum Gasteiger partial charge on any atom is -0.462 e. The van der Waals surface area contributed by atoms with Crippen molar-refractivity contribution in [3.63, 3.8) is 0 Å². The molecule has 1 atom stereocenters. The lowest BCUT2D eigenvalue weighted by molar-refractivity contribution is -0.167. The van der Waals surface area contributed by atoms with Crippen LogP contribution in [0.5, 0.6) is 0 Å². The number of allylic oxidation sites excluding steroid dienone is 10. The first-order chi connectivity index (χ1) is 34.5. The van der Waals surface area contributed by atoms with Gasteiger partial charge in [-0.1, -0.05) is 268 Å². The summed E-state index contributed by atoms with van der Waals surface area (Å²) in [6, 6.07) is 0. The predicted octanol–water partition coefficient (Wildman–Crippen LogP) is 20.4. The molecule has 70 heavy (non-hydrogen) atoms. The van der Waals surface area contributed by atoms with E-state index in [1.807, 2.05) is 0 Å². The Morgan fingerprint density at radius 2 is 0.557 bits per heavy atom. The summed E-state index contributed by atoms with van der Waals surface area (Å²) in [4.78, 5) is 38.2. The van der Waals surface area contributed by atoms with Crippen LogP contribution in [0.4, 0.5) is 0 Å². The van der Waals surface area contributed by atoms with Crippen LogP contribution in [0.1, 0.15) is 310 Å². The maximum Gasteiger partial charge on any atom is 0.306 e. The Kier molecular flexibility index (Phi) is 56.3. The second-order valence-corrected chi connectivity index (χ2v) is 20.2. The quantitative estimate of drug-likeness (QED) is 0.0261. The Morgan fingerprint density at radius 1 is 0.300 bits per heavy atom. The van der Waals surface area contributed by atoms with E-state index in [1.165, 1.54) is 161 Å². The number of ether oxygens (including phenoxy) is 3. The Hall–Kier alpha value is -2.89. The molecule has 0 saturated heterocycles. The highest BCUT2D eigenvalue weighted by atomic mass is 16.6. The lowest BCUT2D eigenvalue weighted by atomic mass is 10.0. The van der Waals surface area contributed by atoms with Crippen molar-refractivity contribution < 1.29 is 28.6 Å². The van der Waals surface area contributed by atoms with Crippen LogP contribution in [-0.2, 0) is 28.6 Å². The number of carbonyl (C=O) groups is 3. The van der Waals surface area contributed by atoms with Crippen molar-refractivity contribution >= 4 is 17.9 Å². The summed E-state index contributed by atoms with van der Waals surface area (Å²) in [7, 11) is 0. The zero-order valence-corrected chi connectivity index (χ0v) is 46.5. The van der Waals surface area contributed by atoms with Crippen LogP contribution >= 0.6 is 0 Å². The second-order valence-electron chi connectivity index (χ2n) is 20.2. The van der Waals surface area contributed by atoms with E-state index in [0.29, 0.717) is 19.3 Å². The lowest BCUT2D eigenvalue weighted by Crippen LogP contribution is -2.30. The van der Waals surface area contributed by atoms with Crippen LogP contribution in [0.15, 0.2) is 60.8 Å². The standard InChI is InChI=1S/C64H114O6/c1-4-7-10-13-16-19-22-25-27-29-30-31-32-33-34-35-37-39-42-45-48-51-54-57-63(66)69-60-61(59-68-62(65)56-53-50-47-44-41-38-24-21-18-15-12-9-6-3)70-64(67)58-55-52-49-46-43-40-36-28-26-23-20-17-14-11-8-5-2/h9,12,18,20-21,23,28,36,38,41,61H,4-8,10-11,13-17,19,22,24-27,29-35,37,39-40,42-60H2,1-3H3/b12-9-,21-18-,23-20-,36-28-,41-38-. The van der Waals surface area contributed by atoms with Crippen molar-refractivity contribution in [3.8, 4) is 0 Å². The normalized spacial score (nSPS) is 12.4.